The van der Waals surface area contributed by atoms with Crippen LogP contribution in [0.3, 0.4) is 0 Å². The molecule has 2 heterocycles. The Kier molecular flexibility index (Phi) is 3.01. The molecule has 1 unspecified atom stereocenters. The Balaban J connectivity index is 1.97. The maximum Gasteiger partial charge on any atom is 0.335 e. The number of carboxylic acid groups (broad SMARTS) is 1. The van der Waals surface area contributed by atoms with Crippen LogP contribution < -0.4 is 0 Å². The Morgan fingerprint density at radius 3 is 3.06 bits per heavy atom. The van der Waals surface area contributed by atoms with Crippen molar-refractivity contribution in [2.24, 2.45) is 0 Å². The molecule has 0 amide bonds. The highest BCUT2D eigenvalue weighted by molar-refractivity contribution is 7.18. The Bertz CT molecular complexity index is 587. The molecule has 1 aliphatic rings. The van der Waals surface area contributed by atoms with E-state index in [-0.39, 0.29) is 6.10 Å². The van der Waals surface area contributed by atoms with Crippen molar-refractivity contribution in [3.05, 3.63) is 28.8 Å². The number of nitrogens with zero attached hydrogens (tertiary/aromatic N) is 1. The number of rotatable bonds is 2. The van der Waals surface area contributed by atoms with Crippen LogP contribution in [0.5, 0.6) is 0 Å². The number of aromatic nitrogens is 1. The average molecular weight is 263 g/mol. The van der Waals surface area contributed by atoms with Crippen LogP contribution in [0.25, 0.3) is 10.2 Å². The molecule has 1 aromatic heterocycles. The zero-order valence-electron chi connectivity index (χ0n) is 9.76. The van der Waals surface area contributed by atoms with Gasteiger partial charge in [0.15, 0.2) is 0 Å². The van der Waals surface area contributed by atoms with Gasteiger partial charge >= 0.3 is 5.97 Å². The third kappa shape index (κ3) is 2.11. The molecule has 0 aliphatic carbocycles. The third-order valence-electron chi connectivity index (χ3n) is 3.11. The van der Waals surface area contributed by atoms with Crippen molar-refractivity contribution in [1.29, 1.82) is 0 Å². The molecule has 4 nitrogen and oxygen atoms in total. The van der Waals surface area contributed by atoms with Gasteiger partial charge in [0.2, 0.25) is 0 Å². The molecule has 0 radical (unpaired) electrons. The van der Waals surface area contributed by atoms with Gasteiger partial charge in [0, 0.05) is 6.61 Å². The molecular formula is C13H13NO3S. The number of carbonyl (C=O) groups is 1. The van der Waals surface area contributed by atoms with Crippen molar-refractivity contribution in [3.8, 4) is 0 Å². The van der Waals surface area contributed by atoms with Crippen molar-refractivity contribution in [1.82, 2.24) is 4.98 Å². The number of thiazole rings is 1. The highest BCUT2D eigenvalue weighted by Crippen LogP contribution is 2.33. The van der Waals surface area contributed by atoms with Crippen LogP contribution in [0.15, 0.2) is 18.2 Å². The van der Waals surface area contributed by atoms with Gasteiger partial charge in [0.1, 0.15) is 11.1 Å². The highest BCUT2D eigenvalue weighted by atomic mass is 32.1. The number of ether oxygens (including phenoxy) is 1. The topological polar surface area (TPSA) is 59.4 Å². The number of benzene rings is 1. The van der Waals surface area contributed by atoms with Gasteiger partial charge < -0.3 is 9.84 Å². The van der Waals surface area contributed by atoms with E-state index in [0.717, 1.165) is 34.7 Å². The quantitative estimate of drug-likeness (QED) is 0.903. The fourth-order valence-electron chi connectivity index (χ4n) is 2.15. The van der Waals surface area contributed by atoms with E-state index in [1.165, 1.54) is 17.8 Å². The van der Waals surface area contributed by atoms with E-state index >= 15 is 0 Å². The first-order chi connectivity index (χ1) is 8.74. The Morgan fingerprint density at radius 1 is 1.44 bits per heavy atom. The van der Waals surface area contributed by atoms with Gasteiger partial charge in [-0.25, -0.2) is 9.78 Å². The minimum atomic E-state index is -0.902. The first-order valence-electron chi connectivity index (χ1n) is 5.99. The van der Waals surface area contributed by atoms with Gasteiger partial charge in [-0.15, -0.1) is 11.3 Å². The number of hydrogen-bond donors (Lipinski definition) is 1. The summed E-state index contributed by atoms with van der Waals surface area (Å²) < 4.78 is 6.62. The summed E-state index contributed by atoms with van der Waals surface area (Å²) in [5.41, 5.74) is 1.16. The lowest BCUT2D eigenvalue weighted by Crippen LogP contribution is -2.10. The van der Waals surface area contributed by atoms with Crippen LogP contribution in [0, 0.1) is 0 Å². The third-order valence-corrected chi connectivity index (χ3v) is 4.22. The zero-order valence-corrected chi connectivity index (χ0v) is 10.6. The monoisotopic (exact) mass is 263 g/mol. The summed E-state index contributed by atoms with van der Waals surface area (Å²) >= 11 is 1.54. The molecule has 94 valence electrons. The Hall–Kier alpha value is -1.46. The maximum absolute atomic E-state index is 10.9. The Labute approximate surface area is 108 Å². The molecule has 0 saturated carbocycles. The lowest BCUT2D eigenvalue weighted by molar-refractivity contribution is 0.0149. The molecule has 2 aromatic rings. The van der Waals surface area contributed by atoms with E-state index in [2.05, 4.69) is 4.98 Å². The van der Waals surface area contributed by atoms with Crippen LogP contribution in [-0.2, 0) is 4.74 Å². The van der Waals surface area contributed by atoms with E-state index in [1.807, 2.05) is 0 Å². The SMILES string of the molecule is O=C(O)c1ccc2nc(C3CCCCO3)sc2c1. The van der Waals surface area contributed by atoms with Gasteiger partial charge in [-0.1, -0.05) is 0 Å². The van der Waals surface area contributed by atoms with Gasteiger partial charge in [0.05, 0.1) is 15.8 Å². The smallest absolute Gasteiger partial charge is 0.335 e. The van der Waals surface area contributed by atoms with Gasteiger partial charge in [0.25, 0.3) is 0 Å². The van der Waals surface area contributed by atoms with Crippen molar-refractivity contribution in [2.75, 3.05) is 6.61 Å². The van der Waals surface area contributed by atoms with Crippen molar-refractivity contribution in [3.63, 3.8) is 0 Å². The fraction of sp³-hybridized carbons (Fsp3) is 0.385. The molecule has 1 aliphatic heterocycles. The van der Waals surface area contributed by atoms with E-state index in [1.54, 1.807) is 18.2 Å². The van der Waals surface area contributed by atoms with Crippen molar-refractivity contribution >= 4 is 27.5 Å². The molecule has 1 atom stereocenters. The summed E-state index contributed by atoms with van der Waals surface area (Å²) in [6.07, 6.45) is 3.38. The molecule has 1 fully saturated rings. The van der Waals surface area contributed by atoms with Crippen LogP contribution in [0.4, 0.5) is 0 Å². The summed E-state index contributed by atoms with van der Waals surface area (Å²) in [4.78, 5) is 15.5. The molecule has 1 saturated heterocycles. The standard InChI is InChI=1S/C13H13NO3S/c15-13(16)8-4-5-9-11(7-8)18-12(14-9)10-3-1-2-6-17-10/h4-5,7,10H,1-3,6H2,(H,15,16). The van der Waals surface area contributed by atoms with Gasteiger partial charge in [-0.05, 0) is 37.5 Å². The lowest BCUT2D eigenvalue weighted by atomic mass is 10.1. The summed E-state index contributed by atoms with van der Waals surface area (Å²) in [5.74, 6) is -0.902. The maximum atomic E-state index is 10.9. The van der Waals surface area contributed by atoms with E-state index in [4.69, 9.17) is 9.84 Å². The lowest BCUT2D eigenvalue weighted by Gasteiger charge is -2.20. The van der Waals surface area contributed by atoms with E-state index < -0.39 is 5.97 Å². The van der Waals surface area contributed by atoms with Gasteiger partial charge in [-0.3, -0.25) is 0 Å². The summed E-state index contributed by atoms with van der Waals surface area (Å²) in [6, 6.07) is 5.04. The van der Waals surface area contributed by atoms with Crippen LogP contribution in [-0.4, -0.2) is 22.7 Å². The fourth-order valence-corrected chi connectivity index (χ4v) is 3.24. The van der Waals surface area contributed by atoms with Crippen molar-refractivity contribution < 1.29 is 14.6 Å². The largest absolute Gasteiger partial charge is 0.478 e. The molecule has 0 bridgehead atoms. The molecule has 3 rings (SSSR count). The Morgan fingerprint density at radius 2 is 2.33 bits per heavy atom. The minimum absolute atomic E-state index is 0.0874. The number of aromatic carboxylic acids is 1. The van der Waals surface area contributed by atoms with Crippen LogP contribution in [0.2, 0.25) is 0 Å². The second-order valence-corrected chi connectivity index (χ2v) is 5.46. The summed E-state index contributed by atoms with van der Waals surface area (Å²) in [7, 11) is 0. The first-order valence-corrected chi connectivity index (χ1v) is 6.81. The highest BCUT2D eigenvalue weighted by Gasteiger charge is 2.20. The predicted octanol–water partition coefficient (Wildman–Crippen LogP) is 3.24. The summed E-state index contributed by atoms with van der Waals surface area (Å²) in [6.45, 7) is 0.793. The van der Waals surface area contributed by atoms with E-state index in [0.29, 0.717) is 5.56 Å². The second-order valence-electron chi connectivity index (χ2n) is 4.39. The number of hydrogen-bond acceptors (Lipinski definition) is 4. The molecule has 1 aromatic carbocycles. The number of carboxylic acids is 1. The van der Waals surface area contributed by atoms with E-state index in [9.17, 15) is 4.79 Å². The molecule has 0 spiro atoms. The van der Waals surface area contributed by atoms with Crippen LogP contribution >= 0.6 is 11.3 Å². The zero-order chi connectivity index (χ0) is 12.5. The molecule has 1 N–H and O–H groups in total. The normalized spacial score (nSPS) is 20.1. The van der Waals surface area contributed by atoms with Crippen molar-refractivity contribution in [2.45, 2.75) is 25.4 Å². The van der Waals surface area contributed by atoms with Crippen LogP contribution in [0.1, 0.15) is 40.7 Å². The molecule has 18 heavy (non-hydrogen) atoms. The first kappa shape index (κ1) is 11.6. The predicted molar refractivity (Wildman–Crippen MR) is 69.1 cm³/mol. The average Bonchev–Trinajstić information content (AvgIpc) is 2.82. The van der Waals surface area contributed by atoms with Gasteiger partial charge in [-0.2, -0.15) is 0 Å². The molecular weight excluding hydrogens is 250 g/mol. The number of fused-ring (bicyclic) bond motifs is 1. The minimum Gasteiger partial charge on any atom is -0.478 e. The summed E-state index contributed by atoms with van der Waals surface area (Å²) in [5, 5.41) is 9.92. The molecule has 5 heteroatoms. The second kappa shape index (κ2) is 4.66.